The highest BCUT2D eigenvalue weighted by Crippen LogP contribution is 2.28. The summed E-state index contributed by atoms with van der Waals surface area (Å²) in [6.07, 6.45) is 2.72. The number of rotatable bonds is 2. The van der Waals surface area contributed by atoms with Gasteiger partial charge < -0.3 is 4.90 Å². The van der Waals surface area contributed by atoms with Crippen molar-refractivity contribution in [3.05, 3.63) is 22.8 Å². The first-order valence-electron chi connectivity index (χ1n) is 5.04. The van der Waals surface area contributed by atoms with Crippen molar-refractivity contribution in [1.82, 2.24) is 4.98 Å². The molecule has 1 aromatic rings. The summed E-state index contributed by atoms with van der Waals surface area (Å²) >= 11 is 3.47. The van der Waals surface area contributed by atoms with Crippen LogP contribution < -0.4 is 4.90 Å². The predicted octanol–water partition coefficient (Wildman–Crippen LogP) is 2.26. The van der Waals surface area contributed by atoms with E-state index >= 15 is 0 Å². The number of halogens is 1. The fourth-order valence-corrected chi connectivity index (χ4v) is 2.40. The van der Waals surface area contributed by atoms with Crippen LogP contribution in [0, 0.1) is 5.92 Å². The first kappa shape index (κ1) is 10.6. The first-order valence-corrected chi connectivity index (χ1v) is 5.83. The van der Waals surface area contributed by atoms with Gasteiger partial charge >= 0.3 is 0 Å². The number of aromatic nitrogens is 1. The smallest absolute Gasteiger partial charge is 0.142 e. The van der Waals surface area contributed by atoms with Crippen molar-refractivity contribution >= 4 is 27.5 Å². The Morgan fingerprint density at radius 3 is 3.07 bits per heavy atom. The third-order valence-corrected chi connectivity index (χ3v) is 3.42. The fraction of sp³-hybridized carbons (Fsp3) is 0.455. The highest BCUT2D eigenvalue weighted by molar-refractivity contribution is 9.10. The minimum Gasteiger partial charge on any atom is -0.355 e. The number of hydrogen-bond acceptors (Lipinski definition) is 3. The van der Waals surface area contributed by atoms with Gasteiger partial charge in [-0.3, -0.25) is 4.79 Å². The summed E-state index contributed by atoms with van der Waals surface area (Å²) in [6, 6.07) is 3.87. The molecule has 1 saturated heterocycles. The number of Topliss-reactive ketones (excluding diaryl/α,β-unsaturated/α-hetero) is 1. The number of pyridine rings is 1. The van der Waals surface area contributed by atoms with Crippen molar-refractivity contribution in [2.75, 3.05) is 18.0 Å². The lowest BCUT2D eigenvalue weighted by Crippen LogP contribution is -2.23. The van der Waals surface area contributed by atoms with Crippen LogP contribution in [0.1, 0.15) is 13.3 Å². The van der Waals surface area contributed by atoms with Crippen LogP contribution in [0.5, 0.6) is 0 Å². The third-order valence-electron chi connectivity index (χ3n) is 2.80. The van der Waals surface area contributed by atoms with Crippen LogP contribution in [-0.4, -0.2) is 23.9 Å². The van der Waals surface area contributed by atoms with E-state index in [4.69, 9.17) is 0 Å². The van der Waals surface area contributed by atoms with E-state index in [0.717, 1.165) is 29.8 Å². The summed E-state index contributed by atoms with van der Waals surface area (Å²) in [5.74, 6) is 1.41. The van der Waals surface area contributed by atoms with Crippen molar-refractivity contribution < 1.29 is 4.79 Å². The summed E-state index contributed by atoms with van der Waals surface area (Å²) < 4.78 is 0.995. The normalized spacial score (nSPS) is 20.7. The van der Waals surface area contributed by atoms with Gasteiger partial charge in [-0.2, -0.15) is 0 Å². The van der Waals surface area contributed by atoms with Crippen molar-refractivity contribution in [2.45, 2.75) is 13.3 Å². The zero-order valence-electron chi connectivity index (χ0n) is 8.61. The molecule has 2 rings (SSSR count). The second-order valence-electron chi connectivity index (χ2n) is 3.85. The molecule has 0 spiro atoms. The van der Waals surface area contributed by atoms with Gasteiger partial charge in [-0.1, -0.05) is 0 Å². The molecule has 0 bridgehead atoms. The van der Waals surface area contributed by atoms with E-state index in [-0.39, 0.29) is 11.7 Å². The Morgan fingerprint density at radius 2 is 2.47 bits per heavy atom. The molecule has 0 saturated carbocycles. The number of nitrogens with zero attached hydrogens (tertiary/aromatic N) is 2. The molecule has 3 nitrogen and oxygen atoms in total. The Labute approximate surface area is 97.6 Å². The van der Waals surface area contributed by atoms with Crippen LogP contribution in [0.25, 0.3) is 0 Å². The van der Waals surface area contributed by atoms with E-state index in [1.165, 1.54) is 0 Å². The molecular formula is C11H13BrN2O. The summed E-state index contributed by atoms with van der Waals surface area (Å²) in [5, 5.41) is 0. The standard InChI is InChI=1S/C11H13BrN2O/c1-8(15)9-4-6-14(7-9)11-10(12)3-2-5-13-11/h2-3,5,9H,4,6-7H2,1H3. The number of anilines is 1. The van der Waals surface area contributed by atoms with Gasteiger partial charge in [0.15, 0.2) is 0 Å². The first-order chi connectivity index (χ1) is 7.18. The second-order valence-corrected chi connectivity index (χ2v) is 4.71. The van der Waals surface area contributed by atoms with Gasteiger partial charge in [0, 0.05) is 25.2 Å². The van der Waals surface area contributed by atoms with Crippen LogP contribution in [0.15, 0.2) is 22.8 Å². The quantitative estimate of drug-likeness (QED) is 0.825. The molecule has 0 radical (unpaired) electrons. The Morgan fingerprint density at radius 1 is 1.67 bits per heavy atom. The average Bonchev–Trinajstić information content (AvgIpc) is 2.67. The summed E-state index contributed by atoms with van der Waals surface area (Å²) in [7, 11) is 0. The maximum absolute atomic E-state index is 11.2. The predicted molar refractivity (Wildman–Crippen MR) is 62.9 cm³/mol. The largest absolute Gasteiger partial charge is 0.355 e. The SMILES string of the molecule is CC(=O)C1CCN(c2ncccc2Br)C1. The Balaban J connectivity index is 2.14. The highest BCUT2D eigenvalue weighted by Gasteiger charge is 2.27. The second kappa shape index (κ2) is 4.31. The molecular weight excluding hydrogens is 256 g/mol. The number of carbonyl (C=O) groups is 1. The van der Waals surface area contributed by atoms with Crippen LogP contribution in [-0.2, 0) is 4.79 Å². The monoisotopic (exact) mass is 268 g/mol. The lowest BCUT2D eigenvalue weighted by Gasteiger charge is -2.17. The Hall–Kier alpha value is -0.900. The lowest BCUT2D eigenvalue weighted by molar-refractivity contribution is -0.120. The molecule has 15 heavy (non-hydrogen) atoms. The topological polar surface area (TPSA) is 33.2 Å². The Kier molecular flexibility index (Phi) is 3.05. The fourth-order valence-electron chi connectivity index (χ4n) is 1.89. The van der Waals surface area contributed by atoms with Crippen molar-refractivity contribution in [1.29, 1.82) is 0 Å². The van der Waals surface area contributed by atoms with Gasteiger partial charge in [-0.25, -0.2) is 4.98 Å². The average molecular weight is 269 g/mol. The zero-order chi connectivity index (χ0) is 10.8. The summed E-state index contributed by atoms with van der Waals surface area (Å²) in [4.78, 5) is 17.7. The molecule has 0 aromatic carbocycles. The molecule has 0 amide bonds. The molecule has 1 fully saturated rings. The van der Waals surface area contributed by atoms with Crippen LogP contribution in [0.3, 0.4) is 0 Å². The molecule has 1 unspecified atom stereocenters. The van der Waals surface area contributed by atoms with Crippen LogP contribution in [0.4, 0.5) is 5.82 Å². The van der Waals surface area contributed by atoms with Crippen LogP contribution >= 0.6 is 15.9 Å². The molecule has 2 heterocycles. The molecule has 1 aliphatic rings. The molecule has 0 N–H and O–H groups in total. The minimum atomic E-state index is 0.180. The van der Waals surface area contributed by atoms with Crippen LogP contribution in [0.2, 0.25) is 0 Å². The van der Waals surface area contributed by atoms with Crippen molar-refractivity contribution in [3.63, 3.8) is 0 Å². The van der Waals surface area contributed by atoms with E-state index in [1.807, 2.05) is 12.1 Å². The minimum absolute atomic E-state index is 0.180. The molecule has 1 aliphatic heterocycles. The van der Waals surface area contributed by atoms with Gasteiger partial charge in [-0.15, -0.1) is 0 Å². The van der Waals surface area contributed by atoms with Gasteiger partial charge in [0.1, 0.15) is 11.6 Å². The van der Waals surface area contributed by atoms with Crippen molar-refractivity contribution in [2.24, 2.45) is 5.92 Å². The number of hydrogen-bond donors (Lipinski definition) is 0. The van der Waals surface area contributed by atoms with E-state index in [9.17, 15) is 4.79 Å². The van der Waals surface area contributed by atoms with E-state index in [2.05, 4.69) is 25.8 Å². The van der Waals surface area contributed by atoms with Crippen molar-refractivity contribution in [3.8, 4) is 0 Å². The lowest BCUT2D eigenvalue weighted by atomic mass is 10.1. The maximum Gasteiger partial charge on any atom is 0.142 e. The summed E-state index contributed by atoms with van der Waals surface area (Å²) in [6.45, 7) is 3.38. The molecule has 80 valence electrons. The van der Waals surface area contributed by atoms with Gasteiger partial charge in [0.2, 0.25) is 0 Å². The Bertz CT molecular complexity index is 381. The molecule has 1 atom stereocenters. The summed E-state index contributed by atoms with van der Waals surface area (Å²) in [5.41, 5.74) is 0. The van der Waals surface area contributed by atoms with Gasteiger partial charge in [0.05, 0.1) is 4.47 Å². The maximum atomic E-state index is 11.2. The molecule has 1 aromatic heterocycles. The molecule has 4 heteroatoms. The van der Waals surface area contributed by atoms with E-state index in [1.54, 1.807) is 13.1 Å². The zero-order valence-corrected chi connectivity index (χ0v) is 10.2. The third kappa shape index (κ3) is 2.20. The van der Waals surface area contributed by atoms with Gasteiger partial charge in [0.25, 0.3) is 0 Å². The highest BCUT2D eigenvalue weighted by atomic mass is 79.9. The number of ketones is 1. The van der Waals surface area contributed by atoms with E-state index < -0.39 is 0 Å². The van der Waals surface area contributed by atoms with E-state index in [0.29, 0.717) is 0 Å². The van der Waals surface area contributed by atoms with Gasteiger partial charge in [-0.05, 0) is 41.4 Å². The molecule has 0 aliphatic carbocycles. The number of carbonyl (C=O) groups excluding carboxylic acids is 1.